The van der Waals surface area contributed by atoms with Crippen LogP contribution in [0.4, 0.5) is 0 Å². The molecule has 0 fully saturated rings. The van der Waals surface area contributed by atoms with E-state index in [1.165, 1.54) is 0 Å². The molecule has 0 bridgehead atoms. The molecule has 0 radical (unpaired) electrons. The summed E-state index contributed by atoms with van der Waals surface area (Å²) in [5, 5.41) is 0.684. The summed E-state index contributed by atoms with van der Waals surface area (Å²) in [5.74, 6) is 0.799. The van der Waals surface area contributed by atoms with Crippen LogP contribution in [0.25, 0.3) is 0 Å². The summed E-state index contributed by atoms with van der Waals surface area (Å²) in [6, 6.07) is 5.47. The predicted molar refractivity (Wildman–Crippen MR) is 84.4 cm³/mol. The van der Waals surface area contributed by atoms with Gasteiger partial charge in [-0.25, -0.2) is 0 Å². The molecular weight excluding hydrogens is 334 g/mol. The molecule has 0 aliphatic carbocycles. The minimum absolute atomic E-state index is 0.115. The topological polar surface area (TPSA) is 35.2 Å². The van der Waals surface area contributed by atoms with Crippen LogP contribution in [-0.2, 0) is 0 Å². The van der Waals surface area contributed by atoms with Gasteiger partial charge in [0.15, 0.2) is 0 Å². The van der Waals surface area contributed by atoms with E-state index in [-0.39, 0.29) is 5.41 Å². The molecule has 1 aromatic rings. The Labute approximate surface area is 127 Å². The van der Waals surface area contributed by atoms with Crippen LogP contribution in [0.2, 0.25) is 5.02 Å². The maximum Gasteiger partial charge on any atom is 0.133 e. The molecule has 0 saturated carbocycles. The van der Waals surface area contributed by atoms with Gasteiger partial charge in [0.1, 0.15) is 5.75 Å². The molecule has 0 aromatic heterocycles. The summed E-state index contributed by atoms with van der Waals surface area (Å²) in [7, 11) is 0. The van der Waals surface area contributed by atoms with Gasteiger partial charge in [0, 0.05) is 10.4 Å². The first-order chi connectivity index (χ1) is 8.33. The Bertz CT molecular complexity index is 437. The van der Waals surface area contributed by atoms with Gasteiger partial charge in [0.25, 0.3) is 0 Å². The maximum atomic E-state index is 5.86. The number of halogens is 2. The second-order valence-corrected chi connectivity index (χ2v) is 6.51. The molecule has 100 valence electrons. The lowest BCUT2D eigenvalue weighted by Crippen LogP contribution is -2.30. The predicted octanol–water partition coefficient (Wildman–Crippen LogP) is 4.57. The summed E-state index contributed by atoms with van der Waals surface area (Å²) in [6.45, 7) is 4.73. The lowest BCUT2D eigenvalue weighted by atomic mass is 9.88. The van der Waals surface area contributed by atoms with Crippen molar-refractivity contribution in [3.8, 4) is 5.75 Å². The molecule has 0 spiro atoms. The van der Waals surface area contributed by atoms with Crippen molar-refractivity contribution >= 4 is 44.7 Å². The molecule has 0 unspecified atom stereocenters. The van der Waals surface area contributed by atoms with Gasteiger partial charge in [0.05, 0.1) is 16.1 Å². The molecule has 5 heteroatoms. The first kappa shape index (κ1) is 15.7. The normalized spacial score (nSPS) is 11.3. The first-order valence-corrected chi connectivity index (χ1v) is 7.28. The molecule has 0 heterocycles. The number of ether oxygens (including phenoxy) is 1. The van der Waals surface area contributed by atoms with Crippen LogP contribution in [0.3, 0.4) is 0 Å². The van der Waals surface area contributed by atoms with Crippen LogP contribution < -0.4 is 10.5 Å². The van der Waals surface area contributed by atoms with Crippen molar-refractivity contribution in [2.24, 2.45) is 11.1 Å². The summed E-state index contributed by atoms with van der Waals surface area (Å²) in [5.41, 5.74) is 5.56. The van der Waals surface area contributed by atoms with Gasteiger partial charge in [-0.15, -0.1) is 0 Å². The van der Waals surface area contributed by atoms with Gasteiger partial charge < -0.3 is 10.5 Å². The molecule has 18 heavy (non-hydrogen) atoms. The van der Waals surface area contributed by atoms with Crippen molar-refractivity contribution in [1.82, 2.24) is 0 Å². The highest BCUT2D eigenvalue weighted by molar-refractivity contribution is 9.10. The number of nitrogens with two attached hydrogens (primary N) is 1. The summed E-state index contributed by atoms with van der Waals surface area (Å²) >= 11 is 14.3. The molecule has 0 aliphatic heterocycles. The second-order valence-electron chi connectivity index (χ2n) is 4.77. The zero-order valence-electron chi connectivity index (χ0n) is 10.5. The van der Waals surface area contributed by atoms with Crippen LogP contribution in [0.5, 0.6) is 5.75 Å². The Kier molecular flexibility index (Phi) is 5.89. The van der Waals surface area contributed by atoms with E-state index in [4.69, 9.17) is 34.3 Å². The Hall–Kier alpha value is -0.320. The number of hydrogen-bond donors (Lipinski definition) is 1. The minimum atomic E-state index is -0.115. The van der Waals surface area contributed by atoms with E-state index in [1.54, 1.807) is 6.07 Å². The average Bonchev–Trinajstić information content (AvgIpc) is 2.26. The lowest BCUT2D eigenvalue weighted by Gasteiger charge is -2.22. The van der Waals surface area contributed by atoms with Crippen LogP contribution in [0, 0.1) is 5.41 Å². The van der Waals surface area contributed by atoms with Crippen molar-refractivity contribution in [2.75, 3.05) is 6.61 Å². The van der Waals surface area contributed by atoms with Crippen molar-refractivity contribution in [3.63, 3.8) is 0 Å². The number of hydrogen-bond acceptors (Lipinski definition) is 2. The van der Waals surface area contributed by atoms with Crippen LogP contribution >= 0.6 is 39.7 Å². The van der Waals surface area contributed by atoms with E-state index in [0.717, 1.165) is 23.1 Å². The van der Waals surface area contributed by atoms with Crippen LogP contribution in [-0.4, -0.2) is 11.6 Å². The maximum absolute atomic E-state index is 5.86. The summed E-state index contributed by atoms with van der Waals surface area (Å²) in [6.07, 6.45) is 1.81. The number of thiocarbonyl (C=S) groups is 1. The van der Waals surface area contributed by atoms with E-state index in [9.17, 15) is 0 Å². The number of rotatable bonds is 6. The first-order valence-electron chi connectivity index (χ1n) is 5.71. The van der Waals surface area contributed by atoms with Gasteiger partial charge in [-0.2, -0.15) is 0 Å². The highest BCUT2D eigenvalue weighted by Gasteiger charge is 2.20. The van der Waals surface area contributed by atoms with Gasteiger partial charge in [0.2, 0.25) is 0 Å². The molecule has 2 nitrogen and oxygen atoms in total. The minimum Gasteiger partial charge on any atom is -0.492 e. The quantitative estimate of drug-likeness (QED) is 0.603. The Morgan fingerprint density at radius 3 is 2.72 bits per heavy atom. The van der Waals surface area contributed by atoms with E-state index >= 15 is 0 Å². The van der Waals surface area contributed by atoms with Crippen molar-refractivity contribution in [2.45, 2.75) is 26.7 Å². The third-order valence-electron chi connectivity index (χ3n) is 2.76. The molecule has 0 aliphatic rings. The van der Waals surface area contributed by atoms with Gasteiger partial charge in [-0.3, -0.25) is 0 Å². The molecule has 2 N–H and O–H groups in total. The third-order valence-corrected chi connectivity index (χ3v) is 4.17. The Balaban J connectivity index is 2.41. The SMILES string of the molecule is CC(C)(CCCOc1ccc(Cl)cc1Br)C(N)=S. The highest BCUT2D eigenvalue weighted by atomic mass is 79.9. The van der Waals surface area contributed by atoms with Crippen LogP contribution in [0.15, 0.2) is 22.7 Å². The number of benzene rings is 1. The third kappa shape index (κ3) is 4.75. The van der Waals surface area contributed by atoms with E-state index in [0.29, 0.717) is 16.6 Å². The van der Waals surface area contributed by atoms with E-state index in [1.807, 2.05) is 26.0 Å². The van der Waals surface area contributed by atoms with E-state index < -0.39 is 0 Å². The van der Waals surface area contributed by atoms with E-state index in [2.05, 4.69) is 15.9 Å². The fourth-order valence-corrected chi connectivity index (χ4v) is 2.31. The molecule has 1 rings (SSSR count). The lowest BCUT2D eigenvalue weighted by molar-refractivity contribution is 0.286. The monoisotopic (exact) mass is 349 g/mol. The Morgan fingerprint density at radius 1 is 1.50 bits per heavy atom. The smallest absolute Gasteiger partial charge is 0.133 e. The highest BCUT2D eigenvalue weighted by Crippen LogP contribution is 2.28. The summed E-state index contributed by atoms with van der Waals surface area (Å²) in [4.78, 5) is 0.551. The average molecular weight is 351 g/mol. The zero-order chi connectivity index (χ0) is 13.8. The van der Waals surface area contributed by atoms with Gasteiger partial charge >= 0.3 is 0 Å². The second kappa shape index (κ2) is 6.73. The van der Waals surface area contributed by atoms with Gasteiger partial charge in [-0.05, 0) is 47.0 Å². The fraction of sp³-hybridized carbons (Fsp3) is 0.462. The molecule has 0 atom stereocenters. The van der Waals surface area contributed by atoms with Crippen molar-refractivity contribution in [3.05, 3.63) is 27.7 Å². The van der Waals surface area contributed by atoms with Crippen LogP contribution in [0.1, 0.15) is 26.7 Å². The summed E-state index contributed by atoms with van der Waals surface area (Å²) < 4.78 is 6.54. The Morgan fingerprint density at radius 2 is 2.17 bits per heavy atom. The molecule has 1 aromatic carbocycles. The van der Waals surface area contributed by atoms with Crippen molar-refractivity contribution < 1.29 is 4.74 Å². The fourth-order valence-electron chi connectivity index (χ4n) is 1.41. The molecule has 0 amide bonds. The molecule has 0 saturated heterocycles. The largest absolute Gasteiger partial charge is 0.492 e. The van der Waals surface area contributed by atoms with Crippen molar-refractivity contribution in [1.29, 1.82) is 0 Å². The standard InChI is InChI=1S/C13H17BrClNOS/c1-13(2,12(16)18)6-3-7-17-11-5-4-9(15)8-10(11)14/h4-5,8H,3,6-7H2,1-2H3,(H2,16,18). The molecular formula is C13H17BrClNOS. The van der Waals surface area contributed by atoms with Gasteiger partial charge in [-0.1, -0.05) is 37.7 Å². The zero-order valence-corrected chi connectivity index (χ0v) is 13.7.